The average molecular weight is 433 g/mol. The summed E-state index contributed by atoms with van der Waals surface area (Å²) in [5.41, 5.74) is 6.69. The van der Waals surface area contributed by atoms with Gasteiger partial charge in [0.05, 0.1) is 0 Å². The summed E-state index contributed by atoms with van der Waals surface area (Å²) in [4.78, 5) is 24.6. The van der Waals surface area contributed by atoms with Gasteiger partial charge in [0.1, 0.15) is 11.6 Å². The van der Waals surface area contributed by atoms with Gasteiger partial charge in [-0.2, -0.15) is 0 Å². The maximum atomic E-state index is 11.5. The SMILES string of the molecule is CCCCCCCCCCCCc1ccc(CN2CC(N)(C(=O)O)CC2C(=O)O)cc1. The van der Waals surface area contributed by atoms with E-state index in [1.807, 2.05) is 12.1 Å². The van der Waals surface area contributed by atoms with Crippen LogP contribution in [-0.4, -0.2) is 45.2 Å². The van der Waals surface area contributed by atoms with Crippen LogP contribution in [0, 0.1) is 0 Å². The molecule has 6 heteroatoms. The Labute approximate surface area is 186 Å². The second-order valence-corrected chi connectivity index (χ2v) is 9.17. The smallest absolute Gasteiger partial charge is 0.325 e. The minimum absolute atomic E-state index is 0.0413. The molecule has 2 rings (SSSR count). The molecule has 1 saturated heterocycles. The van der Waals surface area contributed by atoms with Gasteiger partial charge < -0.3 is 15.9 Å². The lowest BCUT2D eigenvalue weighted by Gasteiger charge is -2.22. The first-order valence-electron chi connectivity index (χ1n) is 11.9. The fraction of sp³-hybridized carbons (Fsp3) is 0.680. The Morgan fingerprint density at radius 2 is 1.45 bits per heavy atom. The van der Waals surface area contributed by atoms with E-state index in [9.17, 15) is 19.8 Å². The molecule has 0 saturated carbocycles. The topological polar surface area (TPSA) is 104 Å². The van der Waals surface area contributed by atoms with Crippen LogP contribution in [0.1, 0.15) is 88.7 Å². The molecule has 0 amide bonds. The first-order valence-corrected chi connectivity index (χ1v) is 11.9. The maximum absolute atomic E-state index is 11.5. The number of hydrogen-bond acceptors (Lipinski definition) is 4. The van der Waals surface area contributed by atoms with Gasteiger partial charge in [-0.3, -0.25) is 14.5 Å². The number of benzene rings is 1. The highest BCUT2D eigenvalue weighted by Gasteiger charge is 2.49. The molecule has 1 heterocycles. The predicted molar refractivity (Wildman–Crippen MR) is 123 cm³/mol. The Hall–Kier alpha value is -1.92. The number of nitrogens with two attached hydrogens (primary N) is 1. The second-order valence-electron chi connectivity index (χ2n) is 9.17. The van der Waals surface area contributed by atoms with Gasteiger partial charge >= 0.3 is 11.9 Å². The summed E-state index contributed by atoms with van der Waals surface area (Å²) in [6, 6.07) is 7.36. The first-order chi connectivity index (χ1) is 14.9. The van der Waals surface area contributed by atoms with Gasteiger partial charge in [0.15, 0.2) is 0 Å². The Morgan fingerprint density at radius 3 is 1.97 bits per heavy atom. The van der Waals surface area contributed by atoms with E-state index >= 15 is 0 Å². The van der Waals surface area contributed by atoms with Crippen molar-refractivity contribution in [1.82, 2.24) is 4.90 Å². The highest BCUT2D eigenvalue weighted by molar-refractivity contribution is 5.83. The van der Waals surface area contributed by atoms with Crippen molar-refractivity contribution < 1.29 is 19.8 Å². The lowest BCUT2D eigenvalue weighted by Crippen LogP contribution is -2.50. The first kappa shape index (κ1) is 25.3. The van der Waals surface area contributed by atoms with Crippen LogP contribution in [0.2, 0.25) is 0 Å². The molecule has 174 valence electrons. The van der Waals surface area contributed by atoms with Crippen molar-refractivity contribution in [1.29, 1.82) is 0 Å². The summed E-state index contributed by atoms with van der Waals surface area (Å²) in [7, 11) is 0. The van der Waals surface area contributed by atoms with Gasteiger partial charge in [0, 0.05) is 19.5 Å². The van der Waals surface area contributed by atoms with Crippen LogP contribution in [0.15, 0.2) is 24.3 Å². The normalized spacial score (nSPS) is 21.4. The number of carbonyl (C=O) groups is 2. The number of carboxylic acids is 2. The average Bonchev–Trinajstić information content (AvgIpc) is 3.08. The van der Waals surface area contributed by atoms with E-state index < -0.39 is 23.5 Å². The number of carboxylic acid groups (broad SMARTS) is 2. The number of unbranched alkanes of at least 4 members (excludes halogenated alkanes) is 9. The van der Waals surface area contributed by atoms with Crippen LogP contribution in [0.4, 0.5) is 0 Å². The molecular formula is C25H40N2O4. The molecule has 0 radical (unpaired) electrons. The predicted octanol–water partition coefficient (Wildman–Crippen LogP) is 4.59. The molecule has 1 fully saturated rings. The molecule has 31 heavy (non-hydrogen) atoms. The minimum Gasteiger partial charge on any atom is -0.480 e. The number of likely N-dealkylation sites (tertiary alicyclic amines) is 1. The molecule has 1 aliphatic heterocycles. The third kappa shape index (κ3) is 8.26. The summed E-state index contributed by atoms with van der Waals surface area (Å²) in [5.74, 6) is -2.17. The molecule has 1 aromatic carbocycles. The van der Waals surface area contributed by atoms with E-state index in [1.165, 1.54) is 69.8 Å². The van der Waals surface area contributed by atoms with E-state index in [0.717, 1.165) is 12.0 Å². The quantitative estimate of drug-likeness (QED) is 0.350. The van der Waals surface area contributed by atoms with E-state index in [-0.39, 0.29) is 13.0 Å². The summed E-state index contributed by atoms with van der Waals surface area (Å²) in [6.07, 6.45) is 14.3. The monoisotopic (exact) mass is 432 g/mol. The molecule has 0 bridgehead atoms. The van der Waals surface area contributed by atoms with Crippen LogP contribution < -0.4 is 5.73 Å². The van der Waals surface area contributed by atoms with Crippen LogP contribution in [0.3, 0.4) is 0 Å². The molecular weight excluding hydrogens is 392 g/mol. The molecule has 0 aromatic heterocycles. The van der Waals surface area contributed by atoms with Gasteiger partial charge in [-0.15, -0.1) is 0 Å². The fourth-order valence-electron chi connectivity index (χ4n) is 4.44. The summed E-state index contributed by atoms with van der Waals surface area (Å²) >= 11 is 0. The zero-order valence-corrected chi connectivity index (χ0v) is 19.0. The fourth-order valence-corrected chi connectivity index (χ4v) is 4.44. The van der Waals surface area contributed by atoms with Crippen molar-refractivity contribution >= 4 is 11.9 Å². The molecule has 2 atom stereocenters. The summed E-state index contributed by atoms with van der Waals surface area (Å²) in [6.45, 7) is 2.68. The number of rotatable bonds is 15. The maximum Gasteiger partial charge on any atom is 0.325 e. The highest BCUT2D eigenvalue weighted by Crippen LogP contribution is 2.27. The van der Waals surface area contributed by atoms with Crippen molar-refractivity contribution in [2.24, 2.45) is 5.73 Å². The van der Waals surface area contributed by atoms with Gasteiger partial charge in [-0.1, -0.05) is 89.0 Å². The zero-order chi connectivity index (χ0) is 22.7. The van der Waals surface area contributed by atoms with Crippen molar-refractivity contribution in [3.8, 4) is 0 Å². The van der Waals surface area contributed by atoms with Gasteiger partial charge in [0.2, 0.25) is 0 Å². The lowest BCUT2D eigenvalue weighted by molar-refractivity contribution is -0.142. The van der Waals surface area contributed by atoms with Crippen LogP contribution in [0.5, 0.6) is 0 Å². The van der Waals surface area contributed by atoms with E-state index in [0.29, 0.717) is 6.54 Å². The summed E-state index contributed by atoms with van der Waals surface area (Å²) in [5, 5.41) is 18.8. The molecule has 1 aromatic rings. The number of hydrogen-bond donors (Lipinski definition) is 3. The molecule has 1 aliphatic rings. The van der Waals surface area contributed by atoms with Gasteiger partial charge in [-0.25, -0.2) is 0 Å². The molecule has 0 aliphatic carbocycles. The van der Waals surface area contributed by atoms with E-state index in [4.69, 9.17) is 5.73 Å². The lowest BCUT2D eigenvalue weighted by atomic mass is 9.98. The Balaban J connectivity index is 1.69. The molecule has 4 N–H and O–H groups in total. The number of nitrogens with zero attached hydrogens (tertiary/aromatic N) is 1. The van der Waals surface area contributed by atoms with Crippen molar-refractivity contribution in [2.45, 2.75) is 102 Å². The Bertz CT molecular complexity index is 691. The third-order valence-electron chi connectivity index (χ3n) is 6.42. The van der Waals surface area contributed by atoms with Gasteiger partial charge in [0.25, 0.3) is 0 Å². The van der Waals surface area contributed by atoms with Gasteiger partial charge in [-0.05, 0) is 24.0 Å². The zero-order valence-electron chi connectivity index (χ0n) is 19.0. The largest absolute Gasteiger partial charge is 0.480 e. The van der Waals surface area contributed by atoms with E-state index in [1.54, 1.807) is 4.90 Å². The van der Waals surface area contributed by atoms with E-state index in [2.05, 4.69) is 19.1 Å². The van der Waals surface area contributed by atoms with Crippen LogP contribution in [-0.2, 0) is 22.6 Å². The molecule has 6 nitrogen and oxygen atoms in total. The minimum atomic E-state index is -1.50. The second kappa shape index (κ2) is 12.8. The van der Waals surface area contributed by atoms with Crippen LogP contribution >= 0.6 is 0 Å². The van der Waals surface area contributed by atoms with Crippen molar-refractivity contribution in [3.05, 3.63) is 35.4 Å². The molecule has 2 unspecified atom stereocenters. The van der Waals surface area contributed by atoms with Crippen molar-refractivity contribution in [2.75, 3.05) is 6.54 Å². The molecule has 0 spiro atoms. The highest BCUT2D eigenvalue weighted by atomic mass is 16.4. The standard InChI is InChI=1S/C25H40N2O4/c1-2-3-4-5-6-7-8-9-10-11-12-20-13-15-21(16-14-20)18-27-19-25(26,24(30)31)17-22(27)23(28)29/h13-16,22H,2-12,17-19,26H2,1H3,(H,28,29)(H,30,31). The van der Waals surface area contributed by atoms with Crippen molar-refractivity contribution in [3.63, 3.8) is 0 Å². The summed E-state index contributed by atoms with van der Waals surface area (Å²) < 4.78 is 0. The number of aryl methyl sites for hydroxylation is 1. The Kier molecular flexibility index (Phi) is 10.5. The third-order valence-corrected chi connectivity index (χ3v) is 6.42. The van der Waals surface area contributed by atoms with Crippen LogP contribution in [0.25, 0.3) is 0 Å². The number of aliphatic carboxylic acids is 2. The Morgan fingerprint density at radius 1 is 0.935 bits per heavy atom.